The van der Waals surface area contributed by atoms with E-state index in [4.69, 9.17) is 10.2 Å². The molecular weight excluding hydrogens is 362 g/mol. The minimum atomic E-state index is -4.70. The number of rotatable bonds is 3. The van der Waals surface area contributed by atoms with E-state index < -0.39 is 12.4 Å². The highest BCUT2D eigenvalue weighted by Gasteiger charge is 2.31. The summed E-state index contributed by atoms with van der Waals surface area (Å²) in [6, 6.07) is 8.17. The van der Waals surface area contributed by atoms with E-state index >= 15 is 0 Å². The fraction of sp³-hybridized carbons (Fsp3) is 0.167. The Hall–Kier alpha value is -1.18. The van der Waals surface area contributed by atoms with Crippen molar-refractivity contribution in [2.24, 2.45) is 5.73 Å². The Labute approximate surface area is 127 Å². The highest BCUT2D eigenvalue weighted by atomic mass is 79.9. The fourth-order valence-electron chi connectivity index (χ4n) is 1.54. The van der Waals surface area contributed by atoms with Gasteiger partial charge < -0.3 is 14.9 Å². The molecule has 3 nitrogen and oxygen atoms in total. The van der Waals surface area contributed by atoms with Crippen LogP contribution in [0.1, 0.15) is 17.4 Å². The van der Waals surface area contributed by atoms with Crippen LogP contribution in [-0.2, 0) is 0 Å². The van der Waals surface area contributed by atoms with Crippen LogP contribution in [-0.4, -0.2) is 6.36 Å². The molecular formula is C12H10BrClF3NO2. The minimum absolute atomic E-state index is 0. The number of furan rings is 1. The summed E-state index contributed by atoms with van der Waals surface area (Å²) in [4.78, 5) is 0. The number of alkyl halides is 3. The van der Waals surface area contributed by atoms with Crippen molar-refractivity contribution in [3.63, 3.8) is 0 Å². The molecule has 8 heteroatoms. The van der Waals surface area contributed by atoms with E-state index in [-0.39, 0.29) is 18.2 Å². The predicted molar refractivity (Wildman–Crippen MR) is 72.8 cm³/mol. The smallest absolute Gasteiger partial charge is 0.452 e. The summed E-state index contributed by atoms with van der Waals surface area (Å²) in [5.41, 5.74) is 6.55. The lowest BCUT2D eigenvalue weighted by Gasteiger charge is -2.12. The van der Waals surface area contributed by atoms with Gasteiger partial charge in [-0.1, -0.05) is 12.1 Å². The van der Waals surface area contributed by atoms with Crippen molar-refractivity contribution in [3.05, 3.63) is 52.4 Å². The molecule has 0 fully saturated rings. The number of nitrogens with two attached hydrogens (primary N) is 1. The molecule has 0 amide bonds. The molecule has 0 aliphatic rings. The van der Waals surface area contributed by atoms with Crippen molar-refractivity contribution in [2.75, 3.05) is 0 Å². The van der Waals surface area contributed by atoms with E-state index in [2.05, 4.69) is 20.7 Å². The lowest BCUT2D eigenvalue weighted by atomic mass is 10.1. The van der Waals surface area contributed by atoms with Gasteiger partial charge >= 0.3 is 6.36 Å². The van der Waals surface area contributed by atoms with E-state index in [0.29, 0.717) is 16.0 Å². The van der Waals surface area contributed by atoms with Gasteiger partial charge in [-0.15, -0.1) is 25.6 Å². The monoisotopic (exact) mass is 371 g/mol. The molecule has 0 radical (unpaired) electrons. The molecule has 110 valence electrons. The quantitative estimate of drug-likeness (QED) is 0.868. The van der Waals surface area contributed by atoms with Crippen LogP contribution in [0.4, 0.5) is 13.2 Å². The molecule has 1 heterocycles. The molecule has 0 saturated carbocycles. The second-order valence-corrected chi connectivity index (χ2v) is 4.52. The number of hydrogen-bond acceptors (Lipinski definition) is 3. The van der Waals surface area contributed by atoms with Gasteiger partial charge in [-0.2, -0.15) is 0 Å². The predicted octanol–water partition coefficient (Wildman–Crippen LogP) is 4.41. The highest BCUT2D eigenvalue weighted by molar-refractivity contribution is 9.10. The largest absolute Gasteiger partial charge is 0.573 e. The number of hydrogen-bond donors (Lipinski definition) is 1. The molecule has 2 aromatic rings. The summed E-state index contributed by atoms with van der Waals surface area (Å²) >= 11 is 3.15. The van der Waals surface area contributed by atoms with Crippen molar-refractivity contribution < 1.29 is 22.3 Å². The number of halogens is 5. The topological polar surface area (TPSA) is 48.4 Å². The van der Waals surface area contributed by atoms with Gasteiger partial charge in [-0.25, -0.2) is 0 Å². The molecule has 1 aromatic heterocycles. The van der Waals surface area contributed by atoms with Crippen LogP contribution in [0.3, 0.4) is 0 Å². The Bertz CT molecular complexity index is 557. The first kappa shape index (κ1) is 16.9. The van der Waals surface area contributed by atoms with Crippen LogP contribution in [0, 0.1) is 0 Å². The van der Waals surface area contributed by atoms with Crippen molar-refractivity contribution in [2.45, 2.75) is 12.4 Å². The van der Waals surface area contributed by atoms with Gasteiger partial charge in [-0.05, 0) is 45.8 Å². The Balaban J connectivity index is 0.00000200. The first-order chi connectivity index (χ1) is 8.85. The standard InChI is InChI=1S/C12H9BrF3NO2.ClH/c13-10-6-5-9(18-10)11(17)7-1-3-8(4-2-7)19-12(14,15)16;/h1-6,11H,17H2;1H/t11-;/m0./s1. The van der Waals surface area contributed by atoms with E-state index in [1.165, 1.54) is 24.3 Å². The van der Waals surface area contributed by atoms with Crippen LogP contribution in [0.5, 0.6) is 5.75 Å². The van der Waals surface area contributed by atoms with Gasteiger partial charge in [0, 0.05) is 0 Å². The van der Waals surface area contributed by atoms with Crippen molar-refractivity contribution in [1.29, 1.82) is 0 Å². The van der Waals surface area contributed by atoms with Crippen LogP contribution < -0.4 is 10.5 Å². The second-order valence-electron chi connectivity index (χ2n) is 3.74. The van der Waals surface area contributed by atoms with E-state index in [1.807, 2.05) is 0 Å². The third-order valence-electron chi connectivity index (χ3n) is 2.37. The number of ether oxygens (including phenoxy) is 1. The maximum Gasteiger partial charge on any atom is 0.573 e. The third-order valence-corrected chi connectivity index (χ3v) is 2.80. The molecule has 2 rings (SSSR count). The molecule has 1 atom stereocenters. The minimum Gasteiger partial charge on any atom is -0.452 e. The Morgan fingerprint density at radius 1 is 1.10 bits per heavy atom. The number of benzene rings is 1. The van der Waals surface area contributed by atoms with E-state index in [9.17, 15) is 13.2 Å². The molecule has 0 aliphatic carbocycles. The van der Waals surface area contributed by atoms with Crippen molar-refractivity contribution >= 4 is 28.3 Å². The first-order valence-electron chi connectivity index (χ1n) is 5.22. The molecule has 2 N–H and O–H groups in total. The first-order valence-corrected chi connectivity index (χ1v) is 6.01. The summed E-state index contributed by atoms with van der Waals surface area (Å²) in [6.45, 7) is 0. The van der Waals surface area contributed by atoms with Gasteiger partial charge in [0.15, 0.2) is 4.67 Å². The van der Waals surface area contributed by atoms with Gasteiger partial charge in [0.05, 0.1) is 6.04 Å². The Morgan fingerprint density at radius 2 is 1.70 bits per heavy atom. The lowest BCUT2D eigenvalue weighted by molar-refractivity contribution is -0.274. The van der Waals surface area contributed by atoms with Crippen LogP contribution in [0.25, 0.3) is 0 Å². The SMILES string of the molecule is Cl.N[C@@H](c1ccc(OC(F)(F)F)cc1)c1ccc(Br)o1. The summed E-state index contributed by atoms with van der Waals surface area (Å²) in [5, 5.41) is 0. The van der Waals surface area contributed by atoms with Crippen LogP contribution in [0.15, 0.2) is 45.5 Å². The molecule has 0 aliphatic heterocycles. The zero-order valence-electron chi connectivity index (χ0n) is 9.86. The Morgan fingerprint density at radius 3 is 2.15 bits per heavy atom. The van der Waals surface area contributed by atoms with Gasteiger partial charge in [0.25, 0.3) is 0 Å². The third kappa shape index (κ3) is 4.43. The van der Waals surface area contributed by atoms with Crippen molar-refractivity contribution in [3.8, 4) is 5.75 Å². The summed E-state index contributed by atoms with van der Waals surface area (Å²) < 4.78 is 45.6. The normalized spacial score (nSPS) is 12.7. The summed E-state index contributed by atoms with van der Waals surface area (Å²) in [7, 11) is 0. The molecule has 0 bridgehead atoms. The van der Waals surface area contributed by atoms with Gasteiger partial charge in [0.2, 0.25) is 0 Å². The summed E-state index contributed by atoms with van der Waals surface area (Å²) in [6.07, 6.45) is -4.70. The average molecular weight is 373 g/mol. The molecule has 20 heavy (non-hydrogen) atoms. The van der Waals surface area contributed by atoms with Crippen molar-refractivity contribution in [1.82, 2.24) is 0 Å². The molecule has 1 aromatic carbocycles. The zero-order valence-corrected chi connectivity index (χ0v) is 12.3. The fourth-order valence-corrected chi connectivity index (χ4v) is 1.86. The zero-order chi connectivity index (χ0) is 14.0. The molecule has 0 saturated heterocycles. The maximum absolute atomic E-state index is 12.0. The van der Waals surface area contributed by atoms with Gasteiger partial charge in [-0.3, -0.25) is 0 Å². The highest BCUT2D eigenvalue weighted by Crippen LogP contribution is 2.27. The van der Waals surface area contributed by atoms with E-state index in [1.54, 1.807) is 12.1 Å². The van der Waals surface area contributed by atoms with E-state index in [0.717, 1.165) is 0 Å². The van der Waals surface area contributed by atoms with Crippen LogP contribution in [0.2, 0.25) is 0 Å². The average Bonchev–Trinajstić information content (AvgIpc) is 2.74. The molecule has 0 unspecified atom stereocenters. The summed E-state index contributed by atoms with van der Waals surface area (Å²) in [5.74, 6) is 0.223. The molecule has 0 spiro atoms. The Kier molecular flexibility index (Phi) is 5.50. The lowest BCUT2D eigenvalue weighted by Crippen LogP contribution is -2.17. The van der Waals surface area contributed by atoms with Crippen LogP contribution >= 0.6 is 28.3 Å². The maximum atomic E-state index is 12.0. The van der Waals surface area contributed by atoms with Gasteiger partial charge in [0.1, 0.15) is 11.5 Å². The second kappa shape index (κ2) is 6.51.